The number of imide groups is 1. The number of aliphatic hydroxyl groups is 1. The van der Waals surface area contributed by atoms with Crippen molar-refractivity contribution in [2.45, 2.75) is 57.6 Å². The Bertz CT molecular complexity index is 1750. The first kappa shape index (κ1) is 32.7. The number of hydrogen-bond donors (Lipinski definition) is 2. The van der Waals surface area contributed by atoms with Gasteiger partial charge in [-0.3, -0.25) is 9.59 Å². The molecule has 0 radical (unpaired) electrons. The Morgan fingerprint density at radius 1 is 1.00 bits per heavy atom. The summed E-state index contributed by atoms with van der Waals surface area (Å²) in [5.74, 6) is -1.19. The Morgan fingerprint density at radius 2 is 1.77 bits per heavy atom. The standard InChI is InChI=1S/C34H32Cl2N4O7/c1-20-27(16-39-19-37-30(35)31(39)36)46-33(47-29(20)23-12-10-21(17-41)11-13-23)24-8-5-9-25(14-24)40-28(42)15-26(32(40)43)38-34(44)45-18-22-6-3-2-4-7-22/h2-14,19-20,26-27,29,33,41H,15-18H2,1H3,(H,38,44)/t20-,26?,27+,29+,33+/m0/s1. The molecule has 0 spiro atoms. The van der Waals surface area contributed by atoms with Crippen LogP contribution in [-0.4, -0.2) is 44.7 Å². The summed E-state index contributed by atoms with van der Waals surface area (Å²) < 4.78 is 20.0. The molecule has 0 saturated carbocycles. The normalized spacial score (nSPS) is 22.8. The Hall–Kier alpha value is -4.26. The third kappa shape index (κ3) is 7.19. The molecule has 2 fully saturated rings. The molecule has 5 atom stereocenters. The van der Waals surface area contributed by atoms with Crippen LogP contribution >= 0.6 is 23.2 Å². The molecule has 3 heterocycles. The first-order valence-electron chi connectivity index (χ1n) is 15.0. The lowest BCUT2D eigenvalue weighted by Gasteiger charge is -2.41. The van der Waals surface area contributed by atoms with Crippen LogP contribution in [0.25, 0.3) is 0 Å². The van der Waals surface area contributed by atoms with E-state index in [-0.39, 0.29) is 35.9 Å². The zero-order valence-corrected chi connectivity index (χ0v) is 26.8. The maximum atomic E-state index is 13.4. The molecule has 0 bridgehead atoms. The third-order valence-electron chi connectivity index (χ3n) is 8.28. The largest absolute Gasteiger partial charge is 0.445 e. The van der Waals surface area contributed by atoms with Crippen molar-refractivity contribution in [1.82, 2.24) is 14.9 Å². The molecule has 47 heavy (non-hydrogen) atoms. The Balaban J connectivity index is 1.21. The molecule has 1 aromatic heterocycles. The molecule has 244 valence electrons. The van der Waals surface area contributed by atoms with Gasteiger partial charge in [0, 0.05) is 11.5 Å². The molecule has 2 aliphatic heterocycles. The summed E-state index contributed by atoms with van der Waals surface area (Å²) in [6.45, 7) is 2.29. The highest BCUT2D eigenvalue weighted by atomic mass is 35.5. The average molecular weight is 680 g/mol. The van der Waals surface area contributed by atoms with Crippen molar-refractivity contribution >= 4 is 46.8 Å². The van der Waals surface area contributed by atoms with Crippen molar-refractivity contribution in [1.29, 1.82) is 0 Å². The van der Waals surface area contributed by atoms with Crippen LogP contribution < -0.4 is 10.2 Å². The molecule has 2 aliphatic rings. The van der Waals surface area contributed by atoms with Gasteiger partial charge in [0.2, 0.25) is 5.91 Å². The molecule has 11 nitrogen and oxygen atoms in total. The summed E-state index contributed by atoms with van der Waals surface area (Å²) in [5, 5.41) is 12.5. The fourth-order valence-corrected chi connectivity index (χ4v) is 6.04. The number of hydrogen-bond acceptors (Lipinski definition) is 8. The van der Waals surface area contributed by atoms with Crippen LogP contribution in [-0.2, 0) is 43.6 Å². The van der Waals surface area contributed by atoms with E-state index in [1.807, 2.05) is 61.5 Å². The van der Waals surface area contributed by atoms with E-state index >= 15 is 0 Å². The van der Waals surface area contributed by atoms with Crippen LogP contribution in [0, 0.1) is 5.92 Å². The lowest BCUT2D eigenvalue weighted by Crippen LogP contribution is -2.42. The molecule has 1 unspecified atom stereocenters. The highest BCUT2D eigenvalue weighted by Crippen LogP contribution is 2.43. The lowest BCUT2D eigenvalue weighted by molar-refractivity contribution is -0.276. The van der Waals surface area contributed by atoms with Gasteiger partial charge in [-0.25, -0.2) is 14.7 Å². The highest BCUT2D eigenvalue weighted by molar-refractivity contribution is 6.40. The van der Waals surface area contributed by atoms with Crippen molar-refractivity contribution < 1.29 is 33.7 Å². The van der Waals surface area contributed by atoms with Crippen LogP contribution in [0.3, 0.4) is 0 Å². The van der Waals surface area contributed by atoms with E-state index in [0.717, 1.165) is 21.6 Å². The predicted molar refractivity (Wildman–Crippen MR) is 172 cm³/mol. The van der Waals surface area contributed by atoms with Gasteiger partial charge in [0.1, 0.15) is 17.8 Å². The number of alkyl carbamates (subject to hydrolysis) is 1. The number of benzene rings is 3. The van der Waals surface area contributed by atoms with Crippen molar-refractivity contribution in [2.75, 3.05) is 4.90 Å². The number of imidazole rings is 1. The van der Waals surface area contributed by atoms with Crippen LogP contribution in [0.1, 0.15) is 48.0 Å². The number of aromatic nitrogens is 2. The number of nitrogens with zero attached hydrogens (tertiary/aromatic N) is 3. The second kappa shape index (κ2) is 14.2. The van der Waals surface area contributed by atoms with E-state index in [1.165, 1.54) is 0 Å². The monoisotopic (exact) mass is 678 g/mol. The van der Waals surface area contributed by atoms with Crippen molar-refractivity contribution in [3.63, 3.8) is 0 Å². The quantitative estimate of drug-likeness (QED) is 0.215. The Kier molecular flexibility index (Phi) is 9.90. The second-order valence-corrected chi connectivity index (χ2v) is 12.1. The van der Waals surface area contributed by atoms with E-state index in [4.69, 9.17) is 37.4 Å². The predicted octanol–water partition coefficient (Wildman–Crippen LogP) is 5.73. The minimum Gasteiger partial charge on any atom is -0.445 e. The van der Waals surface area contributed by atoms with Gasteiger partial charge in [0.15, 0.2) is 11.4 Å². The first-order valence-corrected chi connectivity index (χ1v) is 15.8. The molecule has 3 aromatic carbocycles. The summed E-state index contributed by atoms with van der Waals surface area (Å²) in [6.07, 6.45) is -1.17. The summed E-state index contributed by atoms with van der Waals surface area (Å²) in [5.41, 5.74) is 3.34. The molecular formula is C34H32Cl2N4O7. The van der Waals surface area contributed by atoms with Gasteiger partial charge in [-0.2, -0.15) is 0 Å². The van der Waals surface area contributed by atoms with Crippen LogP contribution in [0.2, 0.25) is 10.3 Å². The number of ether oxygens (including phenoxy) is 3. The number of amides is 3. The molecule has 13 heteroatoms. The molecule has 2 saturated heterocycles. The Morgan fingerprint density at radius 3 is 2.47 bits per heavy atom. The summed E-state index contributed by atoms with van der Waals surface area (Å²) in [6, 6.07) is 22.3. The van der Waals surface area contributed by atoms with Crippen molar-refractivity contribution in [3.05, 3.63) is 118 Å². The van der Waals surface area contributed by atoms with Crippen LogP contribution in [0.5, 0.6) is 0 Å². The van der Waals surface area contributed by atoms with Gasteiger partial charge in [-0.1, -0.05) is 96.9 Å². The van der Waals surface area contributed by atoms with Crippen LogP contribution in [0.15, 0.2) is 85.2 Å². The van der Waals surface area contributed by atoms with Crippen molar-refractivity contribution in [2.24, 2.45) is 5.92 Å². The molecule has 6 rings (SSSR count). The molecule has 2 N–H and O–H groups in total. The van der Waals surface area contributed by atoms with Crippen molar-refractivity contribution in [3.8, 4) is 0 Å². The minimum absolute atomic E-state index is 0.0287. The summed E-state index contributed by atoms with van der Waals surface area (Å²) >= 11 is 12.5. The number of rotatable bonds is 9. The van der Waals surface area contributed by atoms with E-state index < -0.39 is 42.4 Å². The number of carbonyl (C=O) groups excluding carboxylic acids is 3. The van der Waals surface area contributed by atoms with E-state index in [2.05, 4.69) is 10.3 Å². The second-order valence-electron chi connectivity index (χ2n) is 11.4. The fourth-order valence-electron chi connectivity index (χ4n) is 5.73. The molecule has 3 amide bonds. The highest BCUT2D eigenvalue weighted by Gasteiger charge is 2.42. The average Bonchev–Trinajstić information content (AvgIpc) is 3.56. The lowest BCUT2D eigenvalue weighted by atomic mass is 9.90. The van der Waals surface area contributed by atoms with E-state index in [1.54, 1.807) is 35.2 Å². The zero-order valence-electron chi connectivity index (χ0n) is 25.3. The van der Waals surface area contributed by atoms with Gasteiger partial charge < -0.3 is 29.2 Å². The number of halogens is 2. The van der Waals surface area contributed by atoms with Gasteiger partial charge in [-0.05, 0) is 28.8 Å². The zero-order chi connectivity index (χ0) is 33.1. The van der Waals surface area contributed by atoms with E-state index in [0.29, 0.717) is 17.8 Å². The summed E-state index contributed by atoms with van der Waals surface area (Å²) in [7, 11) is 0. The number of anilines is 1. The topological polar surface area (TPSA) is 132 Å². The smallest absolute Gasteiger partial charge is 0.408 e. The first-order chi connectivity index (χ1) is 22.7. The van der Waals surface area contributed by atoms with Gasteiger partial charge >= 0.3 is 6.09 Å². The van der Waals surface area contributed by atoms with Gasteiger partial charge in [0.05, 0.1) is 43.8 Å². The molecule has 4 aromatic rings. The molecular weight excluding hydrogens is 647 g/mol. The summed E-state index contributed by atoms with van der Waals surface area (Å²) in [4.78, 5) is 44.0. The van der Waals surface area contributed by atoms with Gasteiger partial charge in [0.25, 0.3) is 5.91 Å². The number of nitrogens with one attached hydrogen (secondary N) is 1. The fraction of sp³-hybridized carbons (Fsp3) is 0.294. The Labute approximate surface area is 281 Å². The number of aliphatic hydroxyl groups excluding tert-OH is 1. The van der Waals surface area contributed by atoms with Crippen LogP contribution in [0.4, 0.5) is 10.5 Å². The maximum Gasteiger partial charge on any atom is 0.408 e. The SMILES string of the molecule is C[C@H]1[C@@H](Cn2cnc(Cl)c2Cl)O[C@@H](c2cccc(N3C(=O)CC(NC(=O)OCc4ccccc4)C3=O)c2)O[C@H]1c1ccc(CO)cc1. The maximum absolute atomic E-state index is 13.4. The minimum atomic E-state index is -1.07. The van der Waals surface area contributed by atoms with E-state index in [9.17, 15) is 19.5 Å². The number of carbonyl (C=O) groups is 3. The molecule has 0 aliphatic carbocycles. The van der Waals surface area contributed by atoms with Gasteiger partial charge in [-0.15, -0.1) is 0 Å². The third-order valence-corrected chi connectivity index (χ3v) is 9.05.